The summed E-state index contributed by atoms with van der Waals surface area (Å²) in [7, 11) is -3.51. The van der Waals surface area contributed by atoms with Crippen molar-refractivity contribution in [2.45, 2.75) is 51.0 Å². The van der Waals surface area contributed by atoms with Gasteiger partial charge in [0.05, 0.1) is 17.6 Å². The van der Waals surface area contributed by atoms with Crippen LogP contribution >= 0.6 is 0 Å². The van der Waals surface area contributed by atoms with Crippen molar-refractivity contribution in [3.8, 4) is 0 Å². The first-order valence-electron chi connectivity index (χ1n) is 9.89. The van der Waals surface area contributed by atoms with E-state index in [2.05, 4.69) is 10.4 Å². The molecule has 152 valence electrons. The zero-order valence-electron chi connectivity index (χ0n) is 16.5. The maximum Gasteiger partial charge on any atom is 0.251 e. The summed E-state index contributed by atoms with van der Waals surface area (Å²) in [6, 6.07) is 6.10. The summed E-state index contributed by atoms with van der Waals surface area (Å²) in [6.07, 6.45) is 6.48. The lowest BCUT2D eigenvalue weighted by Gasteiger charge is -2.18. The Balaban J connectivity index is 1.58. The minimum absolute atomic E-state index is 0.205. The molecule has 0 aliphatic heterocycles. The predicted octanol–water partition coefficient (Wildman–Crippen LogP) is 2.22. The van der Waals surface area contributed by atoms with Crippen molar-refractivity contribution >= 4 is 15.9 Å². The Labute approximate surface area is 166 Å². The third-order valence-electron chi connectivity index (χ3n) is 5.21. The molecule has 2 aromatic rings. The van der Waals surface area contributed by atoms with Gasteiger partial charge in [-0.3, -0.25) is 9.48 Å². The highest BCUT2D eigenvalue weighted by Crippen LogP contribution is 2.20. The molecular weight excluding hydrogens is 376 g/mol. The fourth-order valence-corrected chi connectivity index (χ4v) is 5.07. The van der Waals surface area contributed by atoms with Crippen LogP contribution in [0.15, 0.2) is 35.4 Å². The zero-order chi connectivity index (χ0) is 20.1. The van der Waals surface area contributed by atoms with E-state index in [0.717, 1.165) is 12.8 Å². The molecule has 1 heterocycles. The minimum atomic E-state index is -3.51. The highest BCUT2D eigenvalue weighted by atomic mass is 32.2. The van der Waals surface area contributed by atoms with Crippen LogP contribution in [0, 0.1) is 0 Å². The number of hydrogen-bond acceptors (Lipinski definition) is 4. The molecule has 0 radical (unpaired) electrons. The van der Waals surface area contributed by atoms with Gasteiger partial charge in [0.2, 0.25) is 10.0 Å². The summed E-state index contributed by atoms with van der Waals surface area (Å²) in [4.78, 5) is 12.6. The molecule has 0 fully saturated rings. The molecule has 1 amide bonds. The van der Waals surface area contributed by atoms with Crippen molar-refractivity contribution in [3.05, 3.63) is 47.3 Å². The summed E-state index contributed by atoms with van der Waals surface area (Å²) in [5.74, 6) is -0.215. The molecular formula is C20H28N4O3S. The van der Waals surface area contributed by atoms with Crippen molar-refractivity contribution < 1.29 is 13.2 Å². The Bertz CT molecular complexity index is 915. The highest BCUT2D eigenvalue weighted by molar-refractivity contribution is 7.89. The van der Waals surface area contributed by atoms with Crippen LogP contribution in [-0.4, -0.2) is 48.0 Å². The van der Waals surface area contributed by atoms with E-state index >= 15 is 0 Å². The molecule has 3 rings (SSSR count). The van der Waals surface area contributed by atoms with Gasteiger partial charge in [-0.1, -0.05) is 13.8 Å². The van der Waals surface area contributed by atoms with E-state index in [-0.39, 0.29) is 10.8 Å². The molecule has 8 heteroatoms. The SMILES string of the molecule is CCN(CC)S(=O)(=O)c1ccc(C(=O)NCCn2ncc3c2CCCC3)cc1. The number of aromatic nitrogens is 2. The first-order valence-corrected chi connectivity index (χ1v) is 11.3. The van der Waals surface area contributed by atoms with Crippen LogP contribution in [-0.2, 0) is 29.4 Å². The van der Waals surface area contributed by atoms with E-state index < -0.39 is 10.0 Å². The van der Waals surface area contributed by atoms with Gasteiger partial charge < -0.3 is 5.32 Å². The van der Waals surface area contributed by atoms with Gasteiger partial charge in [0.15, 0.2) is 0 Å². The minimum Gasteiger partial charge on any atom is -0.350 e. The molecule has 1 N–H and O–H groups in total. The number of rotatable bonds is 8. The van der Waals surface area contributed by atoms with Crippen molar-refractivity contribution in [2.75, 3.05) is 19.6 Å². The summed E-state index contributed by atoms with van der Waals surface area (Å²) >= 11 is 0. The normalized spacial score (nSPS) is 14.1. The van der Waals surface area contributed by atoms with Crippen LogP contribution in [0.3, 0.4) is 0 Å². The third kappa shape index (κ3) is 4.28. The lowest BCUT2D eigenvalue weighted by Crippen LogP contribution is -2.31. The number of amides is 1. The maximum absolute atomic E-state index is 12.5. The number of carbonyl (C=O) groups is 1. The highest BCUT2D eigenvalue weighted by Gasteiger charge is 2.21. The third-order valence-corrected chi connectivity index (χ3v) is 7.28. The molecule has 28 heavy (non-hydrogen) atoms. The number of sulfonamides is 1. The summed E-state index contributed by atoms with van der Waals surface area (Å²) in [5, 5.41) is 7.32. The molecule has 0 spiro atoms. The molecule has 0 bridgehead atoms. The summed E-state index contributed by atoms with van der Waals surface area (Å²) < 4.78 is 28.4. The molecule has 1 aromatic heterocycles. The Hall–Kier alpha value is -2.19. The van der Waals surface area contributed by atoms with Crippen molar-refractivity contribution in [2.24, 2.45) is 0 Å². The maximum atomic E-state index is 12.5. The monoisotopic (exact) mass is 404 g/mol. The zero-order valence-corrected chi connectivity index (χ0v) is 17.3. The fourth-order valence-electron chi connectivity index (χ4n) is 3.62. The number of benzene rings is 1. The summed E-state index contributed by atoms with van der Waals surface area (Å²) in [6.45, 7) is 5.55. The van der Waals surface area contributed by atoms with E-state index in [9.17, 15) is 13.2 Å². The first kappa shape index (κ1) is 20.5. The Kier molecular flexibility index (Phi) is 6.51. The standard InChI is InChI=1S/C20H28N4O3S/c1-3-23(4-2)28(26,27)18-11-9-16(10-12-18)20(25)21-13-14-24-19-8-6-5-7-17(19)15-22-24/h9-12,15H,3-8,13-14H2,1-2H3,(H,21,25). The van der Waals surface area contributed by atoms with Gasteiger partial charge in [-0.25, -0.2) is 8.42 Å². The molecule has 0 saturated heterocycles. The van der Waals surface area contributed by atoms with E-state index in [1.807, 2.05) is 10.9 Å². The quantitative estimate of drug-likeness (QED) is 0.731. The van der Waals surface area contributed by atoms with Crippen LogP contribution in [0.25, 0.3) is 0 Å². The molecule has 0 saturated carbocycles. The second-order valence-electron chi connectivity index (χ2n) is 6.92. The number of carbonyl (C=O) groups excluding carboxylic acids is 1. The number of nitrogens with zero attached hydrogens (tertiary/aromatic N) is 3. The molecule has 0 unspecified atom stereocenters. The average Bonchev–Trinajstić information content (AvgIpc) is 3.12. The number of fused-ring (bicyclic) bond motifs is 1. The van der Waals surface area contributed by atoms with Crippen molar-refractivity contribution in [1.29, 1.82) is 0 Å². The number of aryl methyl sites for hydroxylation is 1. The fraction of sp³-hybridized carbons (Fsp3) is 0.500. The van der Waals surface area contributed by atoms with Crippen LogP contribution in [0.1, 0.15) is 48.3 Å². The Morgan fingerprint density at radius 2 is 1.82 bits per heavy atom. The molecule has 0 atom stereocenters. The second kappa shape index (κ2) is 8.87. The van der Waals surface area contributed by atoms with Gasteiger partial charge in [-0.15, -0.1) is 0 Å². The Morgan fingerprint density at radius 1 is 1.14 bits per heavy atom. The van der Waals surface area contributed by atoms with Gasteiger partial charge in [0.1, 0.15) is 0 Å². The van der Waals surface area contributed by atoms with Crippen LogP contribution < -0.4 is 5.32 Å². The van der Waals surface area contributed by atoms with Crippen LogP contribution in [0.2, 0.25) is 0 Å². The molecule has 1 aliphatic rings. The largest absolute Gasteiger partial charge is 0.350 e. The van der Waals surface area contributed by atoms with E-state index in [0.29, 0.717) is 31.7 Å². The predicted molar refractivity (Wildman–Crippen MR) is 108 cm³/mol. The van der Waals surface area contributed by atoms with Crippen LogP contribution in [0.5, 0.6) is 0 Å². The van der Waals surface area contributed by atoms with Crippen molar-refractivity contribution in [3.63, 3.8) is 0 Å². The Morgan fingerprint density at radius 3 is 2.50 bits per heavy atom. The lowest BCUT2D eigenvalue weighted by atomic mass is 9.98. The average molecular weight is 405 g/mol. The number of hydrogen-bond donors (Lipinski definition) is 1. The van der Waals surface area contributed by atoms with Gasteiger partial charge in [0, 0.05) is 30.9 Å². The molecule has 1 aliphatic carbocycles. The van der Waals surface area contributed by atoms with E-state index in [4.69, 9.17) is 0 Å². The molecule has 1 aromatic carbocycles. The van der Waals surface area contributed by atoms with E-state index in [1.165, 1.54) is 40.5 Å². The lowest BCUT2D eigenvalue weighted by molar-refractivity contribution is 0.0951. The smallest absolute Gasteiger partial charge is 0.251 e. The van der Waals surface area contributed by atoms with E-state index in [1.54, 1.807) is 26.0 Å². The van der Waals surface area contributed by atoms with Gasteiger partial charge >= 0.3 is 0 Å². The first-order chi connectivity index (χ1) is 13.5. The van der Waals surface area contributed by atoms with Crippen LogP contribution in [0.4, 0.5) is 0 Å². The number of nitrogens with one attached hydrogen (secondary N) is 1. The van der Waals surface area contributed by atoms with Gasteiger partial charge in [-0.2, -0.15) is 9.40 Å². The topological polar surface area (TPSA) is 84.3 Å². The van der Waals surface area contributed by atoms with Crippen molar-refractivity contribution in [1.82, 2.24) is 19.4 Å². The van der Waals surface area contributed by atoms with Gasteiger partial charge in [0.25, 0.3) is 5.91 Å². The second-order valence-corrected chi connectivity index (χ2v) is 8.85. The van der Waals surface area contributed by atoms with Gasteiger partial charge in [-0.05, 0) is 55.5 Å². The molecule has 7 nitrogen and oxygen atoms in total. The summed E-state index contributed by atoms with van der Waals surface area (Å²) in [5.41, 5.74) is 3.05.